The van der Waals surface area contributed by atoms with E-state index in [-0.39, 0.29) is 134 Å². The quantitative estimate of drug-likeness (QED) is 0.181. The first-order valence-corrected chi connectivity index (χ1v) is 14.1. The molecule has 3 atom stereocenters. The molecule has 12 heteroatoms. The Morgan fingerprint density at radius 1 is 1.28 bits per heavy atom. The van der Waals surface area contributed by atoms with Crippen molar-refractivity contribution >= 4 is 26.6 Å². The standard InChI is InChI=1S/C20H35N6O2.C4H11P.C3H7.K.2Y/c1-19(2,8-11-28-20(3,4)7-9-21)12-22-17-16-18(24-13-23-17)26(14-25-16)15-6-5-10-27-15;1-3-4(2)5;1-3-2;;;/h10,13,15,25H,5-9,11-12,14,21H2,1-4H3,(H,22,23,24);4H,3,5H2,1-2H3;3H,1-2H3;;;/q-1;;-1;+1;;/t15-;;;;;/m1...../s1. The zero-order chi connectivity index (χ0) is 27.2. The van der Waals surface area contributed by atoms with Gasteiger partial charge in [-0.05, 0) is 50.7 Å². The van der Waals surface area contributed by atoms with E-state index in [1.807, 2.05) is 26.9 Å². The fourth-order valence-corrected chi connectivity index (χ4v) is 3.49. The predicted octanol–water partition coefficient (Wildman–Crippen LogP) is 2.83. The molecule has 216 valence electrons. The number of nitrogens with one attached hydrogen (secondary N) is 2. The van der Waals surface area contributed by atoms with Gasteiger partial charge in [0.05, 0.1) is 18.5 Å². The summed E-state index contributed by atoms with van der Waals surface area (Å²) in [5, 5.41) is 6.92. The summed E-state index contributed by atoms with van der Waals surface area (Å²) in [4.78, 5) is 11.1. The van der Waals surface area contributed by atoms with Crippen LogP contribution >= 0.6 is 9.24 Å². The Morgan fingerprint density at radius 2 is 1.90 bits per heavy atom. The van der Waals surface area contributed by atoms with Crippen molar-refractivity contribution in [3.8, 4) is 0 Å². The summed E-state index contributed by atoms with van der Waals surface area (Å²) < 4.78 is 11.7. The monoisotopic (exact) mass is 741 g/mol. The molecule has 0 amide bonds. The molecule has 2 aliphatic heterocycles. The van der Waals surface area contributed by atoms with Crippen molar-refractivity contribution in [2.24, 2.45) is 11.1 Å². The van der Waals surface area contributed by atoms with E-state index in [4.69, 9.17) is 15.2 Å². The normalized spacial score (nSPS) is 16.5. The summed E-state index contributed by atoms with van der Waals surface area (Å²) in [5.41, 5.74) is 7.31. The summed E-state index contributed by atoms with van der Waals surface area (Å²) >= 11 is 0. The van der Waals surface area contributed by atoms with E-state index in [0.717, 1.165) is 55.2 Å². The van der Waals surface area contributed by atoms with Crippen LogP contribution in [0.2, 0.25) is 0 Å². The maximum absolute atomic E-state index is 6.03. The number of anilines is 3. The molecule has 2 aliphatic rings. The minimum absolute atomic E-state index is 0. The molecule has 39 heavy (non-hydrogen) atoms. The molecule has 0 aliphatic carbocycles. The van der Waals surface area contributed by atoms with Crippen molar-refractivity contribution in [3.05, 3.63) is 19.4 Å². The molecule has 1 fully saturated rings. The third kappa shape index (κ3) is 18.9. The van der Waals surface area contributed by atoms with Crippen LogP contribution in [-0.2, 0) is 74.9 Å². The maximum Gasteiger partial charge on any atom is 1.00 e. The van der Waals surface area contributed by atoms with Crippen LogP contribution in [0.1, 0.15) is 87.5 Å². The minimum atomic E-state index is -0.168. The topological polar surface area (TPSA) is 97.6 Å². The van der Waals surface area contributed by atoms with Crippen molar-refractivity contribution in [1.29, 1.82) is 0 Å². The molecule has 1 saturated heterocycles. The van der Waals surface area contributed by atoms with Crippen LogP contribution in [0.3, 0.4) is 0 Å². The van der Waals surface area contributed by atoms with Crippen molar-refractivity contribution < 1.29 is 126 Å². The third-order valence-electron chi connectivity index (χ3n) is 6.05. The molecule has 3 rings (SSSR count). The van der Waals surface area contributed by atoms with Crippen LogP contribution < -0.4 is 72.7 Å². The SMILES string of the molecule is CC(C)(CCOC(C)(C)CCN)CNc1ncnc2c1NCN2[C@H]1CC[CH-]O1.CCC(C)P.C[CH-]C.[K+].[Y].[Y]. The molecule has 0 saturated carbocycles. The summed E-state index contributed by atoms with van der Waals surface area (Å²) in [5.74, 6) is 1.74. The van der Waals surface area contributed by atoms with Crippen LogP contribution in [0.15, 0.2) is 6.33 Å². The third-order valence-corrected chi connectivity index (χ3v) is 6.53. The van der Waals surface area contributed by atoms with E-state index in [1.54, 1.807) is 6.33 Å². The second-order valence-electron chi connectivity index (χ2n) is 10.9. The summed E-state index contributed by atoms with van der Waals surface area (Å²) in [6, 6.07) is 0. The van der Waals surface area contributed by atoms with Crippen molar-refractivity contribution in [1.82, 2.24) is 9.97 Å². The fraction of sp³-hybridized carbons (Fsp3) is 0.778. The molecule has 3 heterocycles. The Kier molecular flexibility index (Phi) is 29.4. The van der Waals surface area contributed by atoms with Gasteiger partial charge in [0.15, 0.2) is 11.6 Å². The Labute approximate surface area is 335 Å². The second kappa shape index (κ2) is 24.9. The summed E-state index contributed by atoms with van der Waals surface area (Å²) in [7, 11) is 2.73. The average Bonchev–Trinajstić information content (AvgIpc) is 3.48. The molecule has 8 nitrogen and oxygen atoms in total. The van der Waals surface area contributed by atoms with Gasteiger partial charge in [-0.25, -0.2) is 16.6 Å². The molecule has 0 aromatic carbocycles. The van der Waals surface area contributed by atoms with E-state index in [1.165, 1.54) is 6.42 Å². The largest absolute Gasteiger partial charge is 1.00 e. The zero-order valence-electron chi connectivity index (χ0n) is 26.2. The van der Waals surface area contributed by atoms with E-state index in [2.05, 4.69) is 76.3 Å². The molecule has 0 spiro atoms. The van der Waals surface area contributed by atoms with E-state index >= 15 is 0 Å². The minimum Gasteiger partial charge on any atom is -0.534 e. The average molecular weight is 742 g/mol. The van der Waals surface area contributed by atoms with Gasteiger partial charge >= 0.3 is 51.4 Å². The van der Waals surface area contributed by atoms with E-state index in [9.17, 15) is 0 Å². The molecule has 2 unspecified atom stereocenters. The van der Waals surface area contributed by atoms with Gasteiger partial charge in [-0.1, -0.05) is 34.1 Å². The van der Waals surface area contributed by atoms with Crippen molar-refractivity contribution in [3.63, 3.8) is 0 Å². The van der Waals surface area contributed by atoms with Gasteiger partial charge in [0.2, 0.25) is 0 Å². The number of hydrogen-bond donors (Lipinski definition) is 3. The van der Waals surface area contributed by atoms with E-state index < -0.39 is 0 Å². The van der Waals surface area contributed by atoms with Crippen LogP contribution in [-0.4, -0.2) is 53.8 Å². The van der Waals surface area contributed by atoms with Gasteiger partial charge in [-0.2, -0.15) is 20.3 Å². The first kappa shape index (κ1) is 46.1. The van der Waals surface area contributed by atoms with Crippen LogP contribution in [0, 0.1) is 18.4 Å². The summed E-state index contributed by atoms with van der Waals surface area (Å²) in [6.07, 6.45) is 8.72. The molecular weight excluding hydrogens is 688 g/mol. The number of nitrogens with two attached hydrogens (primary N) is 1. The molecule has 1 aromatic heterocycles. The predicted molar refractivity (Wildman–Crippen MR) is 157 cm³/mol. The molecule has 4 N–H and O–H groups in total. The zero-order valence-corrected chi connectivity index (χ0v) is 36.2. The molecule has 1 aromatic rings. The van der Waals surface area contributed by atoms with Crippen LogP contribution in [0.4, 0.5) is 17.3 Å². The van der Waals surface area contributed by atoms with Crippen molar-refractivity contribution in [2.75, 3.05) is 41.9 Å². The van der Waals surface area contributed by atoms with Crippen molar-refractivity contribution in [2.45, 2.75) is 105 Å². The fourth-order valence-electron chi connectivity index (χ4n) is 3.49. The Balaban J connectivity index is -0.00000104. The molecular formula is C27H53KN6O2PY2-. The van der Waals surface area contributed by atoms with Gasteiger partial charge in [-0.3, -0.25) is 0 Å². The first-order valence-electron chi connectivity index (χ1n) is 13.4. The van der Waals surface area contributed by atoms with Gasteiger partial charge in [0, 0.05) is 78.6 Å². The van der Waals surface area contributed by atoms with Gasteiger partial charge in [0.25, 0.3) is 0 Å². The Morgan fingerprint density at radius 3 is 2.41 bits per heavy atom. The Bertz CT molecular complexity index is 744. The van der Waals surface area contributed by atoms with Gasteiger partial charge < -0.3 is 37.2 Å². The van der Waals surface area contributed by atoms with Crippen LogP contribution in [0.5, 0.6) is 0 Å². The number of aromatic nitrogens is 2. The number of ether oxygens (including phenoxy) is 2. The Hall–Kier alpha value is 2.63. The number of nitrogens with zero attached hydrogens (tertiary/aromatic N) is 3. The van der Waals surface area contributed by atoms with Gasteiger partial charge in [0.1, 0.15) is 12.0 Å². The molecule has 2 radical (unpaired) electrons. The van der Waals surface area contributed by atoms with Gasteiger partial charge in [-0.15, -0.1) is 9.24 Å². The first-order chi connectivity index (χ1) is 17.0. The van der Waals surface area contributed by atoms with E-state index in [0.29, 0.717) is 19.8 Å². The maximum atomic E-state index is 6.03. The summed E-state index contributed by atoms with van der Waals surface area (Å²) in [6.45, 7) is 21.8. The van der Waals surface area contributed by atoms with Crippen LogP contribution in [0.25, 0.3) is 0 Å². The second-order valence-corrected chi connectivity index (χ2v) is 12.1. The number of hydrogen-bond acceptors (Lipinski definition) is 8. The number of rotatable bonds is 11. The molecule has 0 bridgehead atoms. The smallest absolute Gasteiger partial charge is 0.534 e. The number of fused-ring (bicyclic) bond motifs is 1.